The van der Waals surface area contributed by atoms with Crippen LogP contribution in [0.25, 0.3) is 0 Å². The number of sulfonamides is 1. The van der Waals surface area contributed by atoms with Gasteiger partial charge in [-0.2, -0.15) is 0 Å². The highest BCUT2D eigenvalue weighted by Crippen LogP contribution is 2.38. The normalized spacial score (nSPS) is 13.3. The first kappa shape index (κ1) is 18.8. The zero-order chi connectivity index (χ0) is 18.9. The minimum absolute atomic E-state index is 0.0441. The Balaban J connectivity index is 1.78. The van der Waals surface area contributed by atoms with Crippen molar-refractivity contribution in [3.05, 3.63) is 51.5 Å². The van der Waals surface area contributed by atoms with Gasteiger partial charge in [-0.15, -0.1) is 0 Å². The van der Waals surface area contributed by atoms with Crippen molar-refractivity contribution in [2.24, 2.45) is 5.14 Å². The molecular weight excluding hydrogens is 405 g/mol. The van der Waals surface area contributed by atoms with E-state index in [1.54, 1.807) is 12.1 Å². The van der Waals surface area contributed by atoms with Crippen LogP contribution >= 0.6 is 23.2 Å². The molecule has 0 aromatic heterocycles. The van der Waals surface area contributed by atoms with Gasteiger partial charge in [-0.05, 0) is 35.9 Å². The molecule has 1 aliphatic heterocycles. The molecular formula is C16H13Cl2NO6S. The molecule has 1 aliphatic rings. The number of hydrogen-bond acceptors (Lipinski definition) is 6. The molecule has 0 radical (unpaired) electrons. The smallest absolute Gasteiger partial charge is 0.340 e. The molecule has 1 heterocycles. The van der Waals surface area contributed by atoms with Gasteiger partial charge in [0, 0.05) is 0 Å². The van der Waals surface area contributed by atoms with E-state index in [1.807, 2.05) is 0 Å². The summed E-state index contributed by atoms with van der Waals surface area (Å²) < 4.78 is 38.9. The number of hydrogen-bond donors (Lipinski definition) is 1. The molecule has 0 amide bonds. The third kappa shape index (κ3) is 4.04. The fourth-order valence-electron chi connectivity index (χ4n) is 2.31. The van der Waals surface area contributed by atoms with Crippen LogP contribution in [0.3, 0.4) is 0 Å². The van der Waals surface area contributed by atoms with Crippen molar-refractivity contribution in [3.63, 3.8) is 0 Å². The summed E-state index contributed by atoms with van der Waals surface area (Å²) in [4.78, 5) is 12.0. The molecule has 2 N–H and O–H groups in total. The van der Waals surface area contributed by atoms with Crippen molar-refractivity contribution < 1.29 is 27.4 Å². The number of benzene rings is 2. The molecule has 0 saturated heterocycles. The monoisotopic (exact) mass is 417 g/mol. The van der Waals surface area contributed by atoms with Crippen molar-refractivity contribution in [1.82, 2.24) is 0 Å². The second kappa shape index (κ2) is 7.32. The average Bonchev–Trinajstić information content (AvgIpc) is 2.59. The highest BCUT2D eigenvalue weighted by molar-refractivity contribution is 7.89. The number of fused-ring (bicyclic) bond motifs is 1. The molecule has 0 atom stereocenters. The predicted octanol–water partition coefficient (Wildman–Crippen LogP) is 2.77. The maximum Gasteiger partial charge on any atom is 0.340 e. The second-order valence-corrected chi connectivity index (χ2v) is 7.74. The summed E-state index contributed by atoms with van der Waals surface area (Å²) in [7, 11) is -3.97. The first-order valence-electron chi connectivity index (χ1n) is 7.33. The molecule has 0 aliphatic carbocycles. The average molecular weight is 418 g/mol. The van der Waals surface area contributed by atoms with E-state index in [2.05, 4.69) is 0 Å². The molecule has 2 aromatic carbocycles. The Kier molecular flexibility index (Phi) is 5.29. The molecule has 0 spiro atoms. The third-order valence-corrected chi connectivity index (χ3v) is 5.03. The molecule has 2 aromatic rings. The number of halogens is 2. The van der Waals surface area contributed by atoms with Gasteiger partial charge >= 0.3 is 5.97 Å². The van der Waals surface area contributed by atoms with Crippen LogP contribution in [0, 0.1) is 0 Å². The maximum absolute atomic E-state index is 12.3. The van der Waals surface area contributed by atoms with Crippen LogP contribution < -0.4 is 14.6 Å². The fraction of sp³-hybridized carbons (Fsp3) is 0.188. The standard InChI is InChI=1S/C16H13Cl2NO6S/c17-12-2-1-10(26(19,21)22)7-11(12)16(20)25-8-9-5-13(18)15-14(6-9)23-3-4-24-15/h1-2,5-7H,3-4,8H2,(H2,19,21,22). The van der Waals surface area contributed by atoms with E-state index in [4.69, 9.17) is 42.6 Å². The number of ether oxygens (including phenoxy) is 3. The van der Waals surface area contributed by atoms with Gasteiger partial charge < -0.3 is 14.2 Å². The molecule has 138 valence electrons. The van der Waals surface area contributed by atoms with Gasteiger partial charge in [-0.25, -0.2) is 18.4 Å². The van der Waals surface area contributed by atoms with Crippen LogP contribution in [0.15, 0.2) is 35.2 Å². The van der Waals surface area contributed by atoms with Crippen molar-refractivity contribution in [2.75, 3.05) is 13.2 Å². The first-order valence-corrected chi connectivity index (χ1v) is 9.63. The van der Waals surface area contributed by atoms with Crippen LogP contribution in [-0.4, -0.2) is 27.6 Å². The number of nitrogens with two attached hydrogens (primary N) is 1. The van der Waals surface area contributed by atoms with Crippen molar-refractivity contribution in [1.29, 1.82) is 0 Å². The largest absolute Gasteiger partial charge is 0.486 e. The summed E-state index contributed by atoms with van der Waals surface area (Å²) in [6.45, 7) is 0.674. The molecule has 0 bridgehead atoms. The van der Waals surface area contributed by atoms with E-state index in [0.717, 1.165) is 6.07 Å². The van der Waals surface area contributed by atoms with E-state index in [-0.39, 0.29) is 22.1 Å². The summed E-state index contributed by atoms with van der Waals surface area (Å²) in [6, 6.07) is 6.77. The number of rotatable bonds is 4. The number of carbonyl (C=O) groups excluding carboxylic acids is 1. The zero-order valence-corrected chi connectivity index (χ0v) is 15.5. The Morgan fingerprint density at radius 2 is 1.85 bits per heavy atom. The number of carbonyl (C=O) groups is 1. The van der Waals surface area contributed by atoms with Crippen LogP contribution in [-0.2, 0) is 21.4 Å². The summed E-state index contributed by atoms with van der Waals surface area (Å²) in [5, 5.41) is 5.44. The summed E-state index contributed by atoms with van der Waals surface area (Å²) >= 11 is 12.1. The van der Waals surface area contributed by atoms with Gasteiger partial charge in [-0.3, -0.25) is 0 Å². The first-order chi connectivity index (χ1) is 12.3. The van der Waals surface area contributed by atoms with E-state index in [0.29, 0.717) is 35.3 Å². The highest BCUT2D eigenvalue weighted by Gasteiger charge is 2.19. The molecule has 26 heavy (non-hydrogen) atoms. The SMILES string of the molecule is NS(=O)(=O)c1ccc(Cl)c(C(=O)OCc2cc(Cl)c3c(c2)OCCO3)c1. The Morgan fingerprint density at radius 3 is 2.58 bits per heavy atom. The quantitative estimate of drug-likeness (QED) is 0.766. The van der Waals surface area contributed by atoms with Gasteiger partial charge in [0.2, 0.25) is 10.0 Å². The van der Waals surface area contributed by atoms with Crippen molar-refractivity contribution >= 4 is 39.2 Å². The van der Waals surface area contributed by atoms with Crippen LogP contribution in [0.4, 0.5) is 0 Å². The highest BCUT2D eigenvalue weighted by atomic mass is 35.5. The lowest BCUT2D eigenvalue weighted by Gasteiger charge is -2.20. The lowest BCUT2D eigenvalue weighted by Crippen LogP contribution is -2.16. The second-order valence-electron chi connectivity index (χ2n) is 5.36. The minimum Gasteiger partial charge on any atom is -0.486 e. The van der Waals surface area contributed by atoms with E-state index in [9.17, 15) is 13.2 Å². The van der Waals surface area contributed by atoms with Gasteiger partial charge in [0.25, 0.3) is 0 Å². The Bertz CT molecular complexity index is 977. The van der Waals surface area contributed by atoms with Crippen molar-refractivity contribution in [3.8, 4) is 11.5 Å². The fourth-order valence-corrected chi connectivity index (χ4v) is 3.33. The third-order valence-electron chi connectivity index (χ3n) is 3.51. The van der Waals surface area contributed by atoms with Crippen LogP contribution in [0.1, 0.15) is 15.9 Å². The van der Waals surface area contributed by atoms with Gasteiger partial charge in [0.05, 0.1) is 20.5 Å². The van der Waals surface area contributed by atoms with Gasteiger partial charge in [0.1, 0.15) is 19.8 Å². The van der Waals surface area contributed by atoms with E-state index in [1.165, 1.54) is 12.1 Å². The number of primary sulfonamides is 1. The van der Waals surface area contributed by atoms with Crippen LogP contribution in [0.2, 0.25) is 10.0 Å². The summed E-state index contributed by atoms with van der Waals surface area (Å²) in [5.74, 6) is 0.104. The van der Waals surface area contributed by atoms with Crippen LogP contribution in [0.5, 0.6) is 11.5 Å². The molecule has 10 heteroatoms. The topological polar surface area (TPSA) is 105 Å². The molecule has 3 rings (SSSR count). The Hall–Kier alpha value is -2.00. The summed E-state index contributed by atoms with van der Waals surface area (Å²) in [6.07, 6.45) is 0. The number of esters is 1. The molecule has 0 fully saturated rings. The van der Waals surface area contributed by atoms with E-state index < -0.39 is 16.0 Å². The lowest BCUT2D eigenvalue weighted by atomic mass is 10.2. The Morgan fingerprint density at radius 1 is 1.12 bits per heavy atom. The Labute approximate surface area is 159 Å². The summed E-state index contributed by atoms with van der Waals surface area (Å²) in [5.41, 5.74) is 0.466. The van der Waals surface area contributed by atoms with Gasteiger partial charge in [-0.1, -0.05) is 23.2 Å². The minimum atomic E-state index is -3.97. The maximum atomic E-state index is 12.3. The van der Waals surface area contributed by atoms with Crippen molar-refractivity contribution in [2.45, 2.75) is 11.5 Å². The molecule has 7 nitrogen and oxygen atoms in total. The predicted molar refractivity (Wildman–Crippen MR) is 94.4 cm³/mol. The van der Waals surface area contributed by atoms with Gasteiger partial charge in [0.15, 0.2) is 11.5 Å². The zero-order valence-electron chi connectivity index (χ0n) is 13.2. The lowest BCUT2D eigenvalue weighted by molar-refractivity contribution is 0.0472. The van der Waals surface area contributed by atoms with E-state index >= 15 is 0 Å². The molecule has 0 unspecified atom stereocenters. The molecule has 0 saturated carbocycles.